The van der Waals surface area contributed by atoms with E-state index in [1.807, 2.05) is 0 Å². The molecule has 1 aliphatic rings. The molecular formula is C12H22N2S. The second kappa shape index (κ2) is 6.40. The lowest BCUT2D eigenvalue weighted by molar-refractivity contribution is 0.146. The van der Waals surface area contributed by atoms with Crippen LogP contribution in [0.5, 0.6) is 0 Å². The molecule has 1 rings (SSSR count). The average Bonchev–Trinajstić information content (AvgIpc) is 2.27. The first kappa shape index (κ1) is 12.9. The van der Waals surface area contributed by atoms with Crippen LogP contribution < -0.4 is 0 Å². The predicted octanol–water partition coefficient (Wildman–Crippen LogP) is 2.71. The summed E-state index contributed by atoms with van der Waals surface area (Å²) in [5.41, 5.74) is 0.422. The molecule has 0 N–H and O–H groups in total. The largest absolute Gasteiger partial charge is 0.305 e. The number of rotatable bonds is 5. The molecule has 1 aliphatic carbocycles. The molecule has 0 atom stereocenters. The van der Waals surface area contributed by atoms with E-state index >= 15 is 0 Å². The highest BCUT2D eigenvalue weighted by molar-refractivity contribution is 7.80. The molecule has 0 aromatic heterocycles. The molecule has 3 heteroatoms. The molecule has 15 heavy (non-hydrogen) atoms. The molecule has 0 spiro atoms. The second-order valence-electron chi connectivity index (χ2n) is 4.86. The van der Waals surface area contributed by atoms with Gasteiger partial charge in [-0.3, -0.25) is 0 Å². The van der Waals surface area contributed by atoms with E-state index in [0.29, 0.717) is 11.8 Å². The van der Waals surface area contributed by atoms with Crippen LogP contribution in [0.1, 0.15) is 38.5 Å². The minimum atomic E-state index is 0.422. The van der Waals surface area contributed by atoms with Crippen LogP contribution in [0.4, 0.5) is 0 Å². The summed E-state index contributed by atoms with van der Waals surface area (Å²) in [6, 6.07) is 2.21. The first-order chi connectivity index (χ1) is 7.22. The second-order valence-corrected chi connectivity index (χ2v) is 5.18. The monoisotopic (exact) mass is 226 g/mol. The Morgan fingerprint density at radius 3 is 2.53 bits per heavy atom. The van der Waals surface area contributed by atoms with Crippen molar-refractivity contribution in [2.45, 2.75) is 38.5 Å². The molecule has 1 saturated carbocycles. The molecule has 0 aliphatic heterocycles. The summed E-state index contributed by atoms with van der Waals surface area (Å²) in [5.74, 6) is 0.990. The van der Waals surface area contributed by atoms with Crippen molar-refractivity contribution >= 4 is 12.6 Å². The Hall–Kier alpha value is -0.200. The van der Waals surface area contributed by atoms with Gasteiger partial charge in [0.25, 0.3) is 0 Å². The third-order valence-corrected chi connectivity index (χ3v) is 4.13. The number of hydrogen-bond acceptors (Lipinski definition) is 3. The predicted molar refractivity (Wildman–Crippen MR) is 67.1 cm³/mol. The van der Waals surface area contributed by atoms with Gasteiger partial charge in [-0.1, -0.05) is 19.3 Å². The molecule has 0 heterocycles. The maximum Gasteiger partial charge on any atom is 0.0635 e. The van der Waals surface area contributed by atoms with E-state index in [0.717, 1.165) is 18.8 Å². The van der Waals surface area contributed by atoms with Crippen LogP contribution in [-0.4, -0.2) is 30.8 Å². The Kier molecular flexibility index (Phi) is 5.49. The number of thiol groups is 1. The highest BCUT2D eigenvalue weighted by Crippen LogP contribution is 2.37. The van der Waals surface area contributed by atoms with Crippen molar-refractivity contribution in [1.29, 1.82) is 5.26 Å². The molecule has 0 unspecified atom stereocenters. The van der Waals surface area contributed by atoms with E-state index in [1.54, 1.807) is 0 Å². The van der Waals surface area contributed by atoms with E-state index in [9.17, 15) is 0 Å². The molecule has 0 bridgehead atoms. The number of nitriles is 1. The van der Waals surface area contributed by atoms with E-state index in [4.69, 9.17) is 5.26 Å². The molecule has 0 aromatic rings. The van der Waals surface area contributed by atoms with Crippen molar-refractivity contribution in [2.24, 2.45) is 5.41 Å². The maximum atomic E-state index is 8.55. The SMILES string of the molecule is CN(CCC#N)CC1(CS)CCCCC1. The van der Waals surface area contributed by atoms with Crippen molar-refractivity contribution in [3.8, 4) is 6.07 Å². The van der Waals surface area contributed by atoms with Gasteiger partial charge >= 0.3 is 0 Å². The van der Waals surface area contributed by atoms with Gasteiger partial charge in [0, 0.05) is 19.5 Å². The Labute approximate surface area is 99.1 Å². The molecule has 0 aromatic carbocycles. The van der Waals surface area contributed by atoms with Crippen LogP contribution in [-0.2, 0) is 0 Å². The summed E-state index contributed by atoms with van der Waals surface area (Å²) >= 11 is 4.52. The zero-order chi connectivity index (χ0) is 11.1. The normalized spacial score (nSPS) is 20.1. The van der Waals surface area contributed by atoms with E-state index < -0.39 is 0 Å². The maximum absolute atomic E-state index is 8.55. The first-order valence-electron chi connectivity index (χ1n) is 5.89. The van der Waals surface area contributed by atoms with Crippen molar-refractivity contribution in [3.05, 3.63) is 0 Å². The van der Waals surface area contributed by atoms with Crippen molar-refractivity contribution in [2.75, 3.05) is 25.9 Å². The standard InChI is InChI=1S/C12H22N2S/c1-14(9-5-8-13)10-12(11-15)6-3-2-4-7-12/h15H,2-7,9-11H2,1H3. The average molecular weight is 226 g/mol. The Morgan fingerprint density at radius 1 is 1.33 bits per heavy atom. The lowest BCUT2D eigenvalue weighted by atomic mass is 9.75. The van der Waals surface area contributed by atoms with Gasteiger partial charge in [-0.05, 0) is 31.1 Å². The third-order valence-electron chi connectivity index (χ3n) is 3.46. The van der Waals surface area contributed by atoms with Crippen molar-refractivity contribution < 1.29 is 0 Å². The summed E-state index contributed by atoms with van der Waals surface area (Å²) < 4.78 is 0. The lowest BCUT2D eigenvalue weighted by Gasteiger charge is -2.39. The van der Waals surface area contributed by atoms with Gasteiger partial charge in [-0.15, -0.1) is 0 Å². The fraction of sp³-hybridized carbons (Fsp3) is 0.917. The van der Waals surface area contributed by atoms with E-state index in [1.165, 1.54) is 32.1 Å². The topological polar surface area (TPSA) is 27.0 Å². The lowest BCUT2D eigenvalue weighted by Crippen LogP contribution is -2.39. The van der Waals surface area contributed by atoms with Crippen LogP contribution in [0.25, 0.3) is 0 Å². The van der Waals surface area contributed by atoms with Gasteiger partial charge in [-0.25, -0.2) is 0 Å². The van der Waals surface area contributed by atoms with Gasteiger partial charge in [0.05, 0.1) is 6.07 Å². The molecule has 0 amide bonds. The number of hydrogen-bond donors (Lipinski definition) is 1. The van der Waals surface area contributed by atoms with Crippen molar-refractivity contribution in [1.82, 2.24) is 4.90 Å². The van der Waals surface area contributed by atoms with Gasteiger partial charge in [0.1, 0.15) is 0 Å². The van der Waals surface area contributed by atoms with Gasteiger partial charge in [0.2, 0.25) is 0 Å². The van der Waals surface area contributed by atoms with E-state index in [-0.39, 0.29) is 0 Å². The molecule has 1 fully saturated rings. The molecule has 2 nitrogen and oxygen atoms in total. The minimum absolute atomic E-state index is 0.422. The zero-order valence-electron chi connectivity index (χ0n) is 9.71. The Morgan fingerprint density at radius 2 is 2.00 bits per heavy atom. The van der Waals surface area contributed by atoms with Crippen LogP contribution >= 0.6 is 12.6 Å². The quantitative estimate of drug-likeness (QED) is 0.730. The highest BCUT2D eigenvalue weighted by Gasteiger charge is 2.31. The molecule has 0 saturated heterocycles. The van der Waals surface area contributed by atoms with Crippen LogP contribution in [0.15, 0.2) is 0 Å². The Bertz CT molecular complexity index is 216. The van der Waals surface area contributed by atoms with Crippen LogP contribution in [0.3, 0.4) is 0 Å². The summed E-state index contributed by atoms with van der Waals surface area (Å²) in [6.07, 6.45) is 7.36. The summed E-state index contributed by atoms with van der Waals surface area (Å²) in [4.78, 5) is 2.30. The van der Waals surface area contributed by atoms with E-state index in [2.05, 4.69) is 30.6 Å². The fourth-order valence-corrected chi connectivity index (χ4v) is 2.98. The molecule has 0 radical (unpaired) electrons. The minimum Gasteiger partial charge on any atom is -0.305 e. The highest BCUT2D eigenvalue weighted by atomic mass is 32.1. The summed E-state index contributed by atoms with van der Waals surface area (Å²) in [5, 5.41) is 8.55. The fourth-order valence-electron chi connectivity index (χ4n) is 2.56. The first-order valence-corrected chi connectivity index (χ1v) is 6.52. The zero-order valence-corrected chi connectivity index (χ0v) is 10.6. The van der Waals surface area contributed by atoms with Crippen molar-refractivity contribution in [3.63, 3.8) is 0 Å². The molecule has 86 valence electrons. The van der Waals surface area contributed by atoms with Crippen LogP contribution in [0, 0.1) is 16.7 Å². The Balaban J connectivity index is 2.41. The molecular weight excluding hydrogens is 204 g/mol. The third kappa shape index (κ3) is 4.04. The summed E-state index contributed by atoms with van der Waals surface area (Å²) in [6.45, 7) is 2.00. The van der Waals surface area contributed by atoms with Gasteiger partial charge in [0.15, 0.2) is 0 Å². The summed E-state index contributed by atoms with van der Waals surface area (Å²) in [7, 11) is 2.12. The van der Waals surface area contributed by atoms with Gasteiger partial charge in [-0.2, -0.15) is 17.9 Å². The number of nitrogens with zero attached hydrogens (tertiary/aromatic N) is 2. The van der Waals surface area contributed by atoms with Gasteiger partial charge < -0.3 is 4.90 Å². The van der Waals surface area contributed by atoms with Crippen LogP contribution in [0.2, 0.25) is 0 Å². The smallest absolute Gasteiger partial charge is 0.0635 e.